The molecule has 1 N–H and O–H groups in total. The number of alkyl halides is 1. The first-order chi connectivity index (χ1) is 7.11. The van der Waals surface area contributed by atoms with Gasteiger partial charge in [-0.2, -0.15) is 0 Å². The van der Waals surface area contributed by atoms with Gasteiger partial charge < -0.3 is 5.32 Å². The average Bonchev–Trinajstić information content (AvgIpc) is 2.69. The van der Waals surface area contributed by atoms with E-state index in [1.165, 1.54) is 0 Å². The number of carbonyl (C=O) groups excluding carboxylic acids is 1. The molecule has 0 radical (unpaired) electrons. The summed E-state index contributed by atoms with van der Waals surface area (Å²) < 4.78 is 0. The number of carbonyl (C=O) groups is 1. The van der Waals surface area contributed by atoms with Crippen LogP contribution in [-0.2, 0) is 11.2 Å². The molecule has 0 aromatic carbocycles. The minimum absolute atomic E-state index is 0.0558. The predicted molar refractivity (Wildman–Crippen MR) is 66.4 cm³/mol. The molecule has 1 rings (SSSR count). The Morgan fingerprint density at radius 2 is 2.40 bits per heavy atom. The van der Waals surface area contributed by atoms with Gasteiger partial charge >= 0.3 is 0 Å². The molecule has 5 heteroatoms. The fourth-order valence-electron chi connectivity index (χ4n) is 1.08. The molecule has 0 fully saturated rings. The Kier molecular flexibility index (Phi) is 5.25. The summed E-state index contributed by atoms with van der Waals surface area (Å²) >= 11 is 4.94. The predicted octanol–water partition coefficient (Wildman–Crippen LogP) is 2.22. The first kappa shape index (κ1) is 12.6. The van der Waals surface area contributed by atoms with E-state index in [4.69, 9.17) is 0 Å². The van der Waals surface area contributed by atoms with E-state index in [1.807, 2.05) is 19.2 Å². The molecule has 1 atom stereocenters. The largest absolute Gasteiger partial charge is 0.355 e. The van der Waals surface area contributed by atoms with Crippen molar-refractivity contribution in [2.24, 2.45) is 5.92 Å². The van der Waals surface area contributed by atoms with Crippen molar-refractivity contribution in [3.8, 4) is 0 Å². The van der Waals surface area contributed by atoms with Crippen LogP contribution in [0.25, 0.3) is 0 Å². The summed E-state index contributed by atoms with van der Waals surface area (Å²) in [5.41, 5.74) is 2.84. The molecule has 0 saturated heterocycles. The molecule has 0 aliphatic rings. The number of aromatic nitrogens is 1. The van der Waals surface area contributed by atoms with Crippen LogP contribution in [0.5, 0.6) is 0 Å². The van der Waals surface area contributed by atoms with Crippen LogP contribution in [0.1, 0.15) is 19.5 Å². The second-order valence-electron chi connectivity index (χ2n) is 3.67. The van der Waals surface area contributed by atoms with E-state index in [9.17, 15) is 4.79 Å². The van der Waals surface area contributed by atoms with Crippen molar-refractivity contribution < 1.29 is 4.79 Å². The van der Waals surface area contributed by atoms with Gasteiger partial charge in [0, 0.05) is 18.3 Å². The molecule has 0 spiro atoms. The number of hydrogen-bond acceptors (Lipinski definition) is 3. The molecule has 0 aliphatic heterocycles. The number of rotatable bonds is 5. The topological polar surface area (TPSA) is 42.0 Å². The minimum Gasteiger partial charge on any atom is -0.355 e. The number of nitrogens with one attached hydrogen (secondary N) is 1. The Labute approximate surface area is 102 Å². The van der Waals surface area contributed by atoms with Crippen LogP contribution < -0.4 is 5.32 Å². The molecule has 1 unspecified atom stereocenters. The van der Waals surface area contributed by atoms with Gasteiger partial charge in [-0.1, -0.05) is 29.8 Å². The maximum atomic E-state index is 11.5. The zero-order chi connectivity index (χ0) is 11.3. The molecule has 1 heterocycles. The van der Waals surface area contributed by atoms with Gasteiger partial charge in [-0.05, 0) is 5.92 Å². The lowest BCUT2D eigenvalue weighted by molar-refractivity contribution is -0.121. The lowest BCUT2D eigenvalue weighted by Gasteiger charge is -2.13. The van der Waals surface area contributed by atoms with Gasteiger partial charge in [0.05, 0.1) is 16.0 Å². The number of nitrogens with zero attached hydrogens (tertiary/aromatic N) is 1. The van der Waals surface area contributed by atoms with Crippen LogP contribution in [0, 0.1) is 5.92 Å². The van der Waals surface area contributed by atoms with Crippen molar-refractivity contribution in [3.63, 3.8) is 0 Å². The highest BCUT2D eigenvalue weighted by Crippen LogP contribution is 2.11. The maximum absolute atomic E-state index is 11.5. The van der Waals surface area contributed by atoms with E-state index < -0.39 is 0 Å². The number of thiazole rings is 1. The molecule has 0 bridgehead atoms. The smallest absolute Gasteiger partial charge is 0.234 e. The number of amides is 1. The van der Waals surface area contributed by atoms with E-state index in [1.54, 1.807) is 16.8 Å². The monoisotopic (exact) mass is 290 g/mol. The molecule has 1 aromatic heterocycles. The molecule has 15 heavy (non-hydrogen) atoms. The van der Waals surface area contributed by atoms with Gasteiger partial charge in [0.15, 0.2) is 0 Å². The Morgan fingerprint density at radius 3 is 2.93 bits per heavy atom. The highest BCUT2D eigenvalue weighted by Gasteiger charge is 2.17. The first-order valence-corrected chi connectivity index (χ1v) is 6.76. The SMILES string of the molecule is CC(C)C(Br)C(=O)NCCc1cscn1. The van der Waals surface area contributed by atoms with Crippen molar-refractivity contribution in [3.05, 3.63) is 16.6 Å². The highest BCUT2D eigenvalue weighted by atomic mass is 79.9. The molecular formula is C10H15BrN2OS. The minimum atomic E-state index is -0.104. The summed E-state index contributed by atoms with van der Waals surface area (Å²) in [6.45, 7) is 4.68. The molecule has 84 valence electrons. The summed E-state index contributed by atoms with van der Waals surface area (Å²) in [6.07, 6.45) is 0.799. The fourth-order valence-corrected chi connectivity index (χ4v) is 1.83. The number of halogens is 1. The van der Waals surface area contributed by atoms with Gasteiger partial charge in [-0.15, -0.1) is 11.3 Å². The molecule has 1 aromatic rings. The molecule has 1 amide bonds. The third-order valence-corrected chi connectivity index (χ3v) is 4.11. The van der Waals surface area contributed by atoms with Crippen molar-refractivity contribution >= 4 is 33.2 Å². The third-order valence-electron chi connectivity index (χ3n) is 2.00. The van der Waals surface area contributed by atoms with Crippen molar-refractivity contribution in [1.29, 1.82) is 0 Å². The third kappa shape index (κ3) is 4.30. The Bertz CT molecular complexity index is 300. The molecule has 3 nitrogen and oxygen atoms in total. The van der Waals surface area contributed by atoms with Crippen LogP contribution in [-0.4, -0.2) is 22.3 Å². The van der Waals surface area contributed by atoms with Crippen LogP contribution in [0.3, 0.4) is 0 Å². The standard InChI is InChI=1S/C10H15BrN2OS/c1-7(2)9(11)10(14)12-4-3-8-5-15-6-13-8/h5-7,9H,3-4H2,1-2H3,(H,12,14). The normalized spacial score (nSPS) is 12.8. The van der Waals surface area contributed by atoms with E-state index >= 15 is 0 Å². The van der Waals surface area contributed by atoms with Crippen LogP contribution in [0.15, 0.2) is 10.9 Å². The zero-order valence-electron chi connectivity index (χ0n) is 8.87. The van der Waals surface area contributed by atoms with E-state index in [0.29, 0.717) is 12.5 Å². The quantitative estimate of drug-likeness (QED) is 0.845. The second kappa shape index (κ2) is 6.23. The van der Waals surface area contributed by atoms with Crippen molar-refractivity contribution in [2.75, 3.05) is 6.54 Å². The van der Waals surface area contributed by atoms with Gasteiger partial charge in [0.1, 0.15) is 0 Å². The van der Waals surface area contributed by atoms with E-state index in [-0.39, 0.29) is 10.7 Å². The van der Waals surface area contributed by atoms with Crippen molar-refractivity contribution in [1.82, 2.24) is 10.3 Å². The summed E-state index contributed by atoms with van der Waals surface area (Å²) in [5, 5.41) is 4.88. The summed E-state index contributed by atoms with van der Waals surface area (Å²) in [7, 11) is 0. The summed E-state index contributed by atoms with van der Waals surface area (Å²) in [4.78, 5) is 15.6. The van der Waals surface area contributed by atoms with Gasteiger partial charge in [0.2, 0.25) is 5.91 Å². The average molecular weight is 291 g/mol. The van der Waals surface area contributed by atoms with Crippen LogP contribution >= 0.6 is 27.3 Å². The number of hydrogen-bond donors (Lipinski definition) is 1. The van der Waals surface area contributed by atoms with Gasteiger partial charge in [0.25, 0.3) is 0 Å². The summed E-state index contributed by atoms with van der Waals surface area (Å²) in [5.74, 6) is 0.365. The lowest BCUT2D eigenvalue weighted by atomic mass is 10.1. The van der Waals surface area contributed by atoms with Crippen LogP contribution in [0.2, 0.25) is 0 Å². The highest BCUT2D eigenvalue weighted by molar-refractivity contribution is 9.10. The Morgan fingerprint density at radius 1 is 1.67 bits per heavy atom. The zero-order valence-corrected chi connectivity index (χ0v) is 11.3. The van der Waals surface area contributed by atoms with Gasteiger partial charge in [-0.3, -0.25) is 4.79 Å². The van der Waals surface area contributed by atoms with Crippen LogP contribution in [0.4, 0.5) is 0 Å². The maximum Gasteiger partial charge on any atom is 0.234 e. The van der Waals surface area contributed by atoms with E-state index in [2.05, 4.69) is 26.2 Å². The van der Waals surface area contributed by atoms with E-state index in [0.717, 1.165) is 12.1 Å². The lowest BCUT2D eigenvalue weighted by Crippen LogP contribution is -2.35. The molecule has 0 aliphatic carbocycles. The fraction of sp³-hybridized carbons (Fsp3) is 0.600. The summed E-state index contributed by atoms with van der Waals surface area (Å²) in [6, 6.07) is 0. The first-order valence-electron chi connectivity index (χ1n) is 4.90. The Balaban J connectivity index is 2.23. The molecule has 0 saturated carbocycles. The van der Waals surface area contributed by atoms with Gasteiger partial charge in [-0.25, -0.2) is 4.98 Å². The molecular weight excluding hydrogens is 276 g/mol. The second-order valence-corrected chi connectivity index (χ2v) is 5.37. The van der Waals surface area contributed by atoms with Crippen molar-refractivity contribution in [2.45, 2.75) is 25.1 Å². The Hall–Kier alpha value is -0.420.